The van der Waals surface area contributed by atoms with Crippen molar-refractivity contribution in [3.63, 3.8) is 0 Å². The van der Waals surface area contributed by atoms with Crippen molar-refractivity contribution in [2.75, 3.05) is 5.32 Å². The van der Waals surface area contributed by atoms with Crippen LogP contribution in [0, 0.1) is 6.92 Å². The molecule has 0 unspecified atom stereocenters. The molecule has 1 aromatic carbocycles. The summed E-state index contributed by atoms with van der Waals surface area (Å²) in [5.74, 6) is 0.0800. The van der Waals surface area contributed by atoms with Crippen LogP contribution in [0.1, 0.15) is 39.0 Å². The van der Waals surface area contributed by atoms with Gasteiger partial charge in [-0.3, -0.25) is 4.79 Å². The number of aliphatic hydroxyl groups excluding tert-OH is 1. The summed E-state index contributed by atoms with van der Waals surface area (Å²) in [5.41, 5.74) is 1.13. The van der Waals surface area contributed by atoms with Crippen molar-refractivity contribution in [1.82, 2.24) is 5.16 Å². The molecule has 0 spiro atoms. The van der Waals surface area contributed by atoms with E-state index in [4.69, 9.17) is 4.52 Å². The van der Waals surface area contributed by atoms with Gasteiger partial charge in [0, 0.05) is 17.2 Å². The number of aryl methyl sites for hydroxylation is 1. The highest BCUT2D eigenvalue weighted by atomic mass is 16.5. The number of rotatable bonds is 4. The van der Waals surface area contributed by atoms with Gasteiger partial charge in [-0.25, -0.2) is 0 Å². The second kappa shape index (κ2) is 7.29. The molecule has 2 rings (SSSR count). The molecule has 25 heavy (non-hydrogen) atoms. The van der Waals surface area contributed by atoms with E-state index in [9.17, 15) is 9.90 Å². The van der Waals surface area contributed by atoms with E-state index in [1.165, 1.54) is 6.92 Å². The Kier molecular flexibility index (Phi) is 5.36. The van der Waals surface area contributed by atoms with E-state index >= 15 is 0 Å². The number of anilines is 1. The van der Waals surface area contributed by atoms with Gasteiger partial charge in [0.25, 0.3) is 5.91 Å². The first-order valence-corrected chi connectivity index (χ1v) is 7.84. The maximum Gasteiger partial charge on any atom is 0.279 e. The summed E-state index contributed by atoms with van der Waals surface area (Å²) in [5, 5.41) is 24.0. The summed E-state index contributed by atoms with van der Waals surface area (Å²) in [6.45, 7) is 9.18. The lowest BCUT2D eigenvalue weighted by Crippen LogP contribution is -2.15. The van der Waals surface area contributed by atoms with Gasteiger partial charge in [-0.2, -0.15) is 0 Å². The van der Waals surface area contributed by atoms with E-state index in [-0.39, 0.29) is 22.7 Å². The summed E-state index contributed by atoms with van der Waals surface area (Å²) in [7, 11) is 0. The quantitative estimate of drug-likeness (QED) is 0.474. The number of amides is 1. The fraction of sp³-hybridized carbons (Fsp3) is 0.333. The number of aliphatic hydroxyl groups is 1. The zero-order valence-corrected chi connectivity index (χ0v) is 15.0. The number of benzene rings is 1. The predicted octanol–water partition coefficient (Wildman–Crippen LogP) is 4.79. The van der Waals surface area contributed by atoms with Crippen molar-refractivity contribution in [3.8, 4) is 0 Å². The van der Waals surface area contributed by atoms with E-state index in [0.717, 1.165) is 5.56 Å². The van der Waals surface area contributed by atoms with Crippen LogP contribution in [-0.2, 0) is 10.2 Å². The molecule has 0 aliphatic heterocycles. The van der Waals surface area contributed by atoms with Gasteiger partial charge in [-0.05, 0) is 25.5 Å². The fourth-order valence-electron chi connectivity index (χ4n) is 1.94. The molecular formula is C18H22N4O3. The largest absolute Gasteiger partial charge is 0.510 e. The Balaban J connectivity index is 2.19. The molecule has 0 saturated carbocycles. The van der Waals surface area contributed by atoms with Gasteiger partial charge in [-0.15, -0.1) is 10.2 Å². The number of allylic oxidation sites excluding steroid dienone is 1. The Morgan fingerprint density at radius 3 is 2.52 bits per heavy atom. The van der Waals surface area contributed by atoms with E-state index < -0.39 is 5.91 Å². The van der Waals surface area contributed by atoms with Crippen molar-refractivity contribution in [1.29, 1.82) is 0 Å². The zero-order chi connectivity index (χ0) is 18.6. The highest BCUT2D eigenvalue weighted by Crippen LogP contribution is 2.26. The first-order valence-electron chi connectivity index (χ1n) is 7.84. The van der Waals surface area contributed by atoms with Gasteiger partial charge in [-0.1, -0.05) is 44.1 Å². The minimum atomic E-state index is -0.558. The summed E-state index contributed by atoms with van der Waals surface area (Å²) in [6.07, 6.45) is 0. The van der Waals surface area contributed by atoms with Crippen LogP contribution in [0.15, 0.2) is 56.5 Å². The molecule has 1 heterocycles. The standard InChI is InChI=1S/C18H22N4O3/c1-11-8-6-7-9-13(11)19-17(24)16(12(2)23)21-20-15-10-14(25-22-15)18(3,4)5/h6-10,23H,1-5H3,(H,19,24)/b16-12-,21-20?. The molecule has 1 aromatic heterocycles. The molecule has 2 N–H and O–H groups in total. The monoisotopic (exact) mass is 342 g/mol. The third kappa shape index (κ3) is 4.76. The van der Waals surface area contributed by atoms with Crippen molar-refractivity contribution >= 4 is 17.4 Å². The smallest absolute Gasteiger partial charge is 0.279 e. The number of hydrogen-bond acceptors (Lipinski definition) is 6. The van der Waals surface area contributed by atoms with Gasteiger partial charge in [0.15, 0.2) is 5.70 Å². The van der Waals surface area contributed by atoms with Crippen LogP contribution >= 0.6 is 0 Å². The molecule has 7 heteroatoms. The third-order valence-corrected chi connectivity index (χ3v) is 3.44. The van der Waals surface area contributed by atoms with Crippen molar-refractivity contribution < 1.29 is 14.4 Å². The summed E-state index contributed by atoms with van der Waals surface area (Å²) >= 11 is 0. The number of carbonyl (C=O) groups excluding carboxylic acids is 1. The minimum Gasteiger partial charge on any atom is -0.510 e. The molecule has 0 aliphatic rings. The van der Waals surface area contributed by atoms with Crippen LogP contribution in [-0.4, -0.2) is 16.2 Å². The SMILES string of the molecule is C/C(O)=C(/N=Nc1cc(C(C)(C)C)on1)C(=O)Nc1ccccc1C. The Morgan fingerprint density at radius 2 is 1.96 bits per heavy atom. The molecule has 132 valence electrons. The number of nitrogens with zero attached hydrogens (tertiary/aromatic N) is 3. The summed E-state index contributed by atoms with van der Waals surface area (Å²) in [6, 6.07) is 8.96. The molecule has 2 aromatic rings. The summed E-state index contributed by atoms with van der Waals surface area (Å²) < 4.78 is 5.21. The fourth-order valence-corrected chi connectivity index (χ4v) is 1.94. The van der Waals surface area contributed by atoms with E-state index in [1.807, 2.05) is 45.9 Å². The lowest BCUT2D eigenvalue weighted by atomic mass is 9.93. The molecule has 0 radical (unpaired) electrons. The highest BCUT2D eigenvalue weighted by Gasteiger charge is 2.20. The zero-order valence-electron chi connectivity index (χ0n) is 15.0. The number of azo groups is 1. The Hall–Kier alpha value is -2.96. The topological polar surface area (TPSA) is 100 Å². The Morgan fingerprint density at radius 1 is 1.28 bits per heavy atom. The second-order valence-electron chi connectivity index (χ2n) is 6.70. The first kappa shape index (κ1) is 18.4. The molecule has 0 atom stereocenters. The molecule has 0 aliphatic carbocycles. The number of hydrogen-bond donors (Lipinski definition) is 2. The molecule has 7 nitrogen and oxygen atoms in total. The maximum atomic E-state index is 12.4. The molecule has 1 amide bonds. The van der Waals surface area contributed by atoms with Gasteiger partial charge in [0.05, 0.1) is 0 Å². The van der Waals surface area contributed by atoms with E-state index in [2.05, 4.69) is 20.7 Å². The van der Waals surface area contributed by atoms with Crippen LogP contribution < -0.4 is 5.32 Å². The maximum absolute atomic E-state index is 12.4. The lowest BCUT2D eigenvalue weighted by molar-refractivity contribution is -0.113. The van der Waals surface area contributed by atoms with Crippen molar-refractivity contribution in [3.05, 3.63) is 53.1 Å². The van der Waals surface area contributed by atoms with Crippen LogP contribution in [0.25, 0.3) is 0 Å². The third-order valence-electron chi connectivity index (χ3n) is 3.44. The van der Waals surface area contributed by atoms with Gasteiger partial charge in [0.1, 0.15) is 11.5 Å². The lowest BCUT2D eigenvalue weighted by Gasteiger charge is -2.11. The van der Waals surface area contributed by atoms with Gasteiger partial charge >= 0.3 is 0 Å². The van der Waals surface area contributed by atoms with E-state index in [0.29, 0.717) is 11.4 Å². The van der Waals surface area contributed by atoms with Crippen molar-refractivity contribution in [2.45, 2.75) is 40.0 Å². The first-order chi connectivity index (χ1) is 11.7. The predicted molar refractivity (Wildman–Crippen MR) is 94.9 cm³/mol. The van der Waals surface area contributed by atoms with Crippen LogP contribution in [0.2, 0.25) is 0 Å². The number of para-hydroxylation sites is 1. The van der Waals surface area contributed by atoms with Crippen LogP contribution in [0.5, 0.6) is 0 Å². The Bertz CT molecular complexity index is 825. The summed E-state index contributed by atoms with van der Waals surface area (Å²) in [4.78, 5) is 12.4. The van der Waals surface area contributed by atoms with Crippen molar-refractivity contribution in [2.24, 2.45) is 10.2 Å². The van der Waals surface area contributed by atoms with Crippen LogP contribution in [0.4, 0.5) is 11.5 Å². The second-order valence-corrected chi connectivity index (χ2v) is 6.70. The average molecular weight is 342 g/mol. The van der Waals surface area contributed by atoms with E-state index in [1.54, 1.807) is 12.1 Å². The molecule has 0 fully saturated rings. The van der Waals surface area contributed by atoms with Gasteiger partial charge in [0.2, 0.25) is 5.82 Å². The minimum absolute atomic E-state index is 0.191. The number of carbonyl (C=O) groups is 1. The number of aromatic nitrogens is 1. The normalized spacial score (nSPS) is 13.0. The molecular weight excluding hydrogens is 320 g/mol. The van der Waals surface area contributed by atoms with Crippen LogP contribution in [0.3, 0.4) is 0 Å². The molecule has 0 bridgehead atoms. The highest BCUT2D eigenvalue weighted by molar-refractivity contribution is 6.04. The number of nitrogens with one attached hydrogen (secondary N) is 1. The molecule has 0 saturated heterocycles. The Labute approximate surface area is 146 Å². The van der Waals surface area contributed by atoms with Gasteiger partial charge < -0.3 is 14.9 Å². The average Bonchev–Trinajstić information content (AvgIpc) is 2.98.